The first kappa shape index (κ1) is 17.7. The lowest BCUT2D eigenvalue weighted by Gasteiger charge is -2.01. The van der Waals surface area contributed by atoms with E-state index in [0.29, 0.717) is 0 Å². The molecule has 0 fully saturated rings. The van der Waals surface area contributed by atoms with Gasteiger partial charge in [-0.15, -0.1) is 0 Å². The van der Waals surface area contributed by atoms with Crippen molar-refractivity contribution in [1.29, 1.82) is 0 Å². The lowest BCUT2D eigenvalue weighted by atomic mass is 10.1. The topological polar surface area (TPSA) is 26.0 Å². The van der Waals surface area contributed by atoms with Crippen LogP contribution in [-0.4, -0.2) is 6.54 Å². The van der Waals surface area contributed by atoms with Crippen LogP contribution in [0.25, 0.3) is 0 Å². The fraction of sp³-hybridized carbons (Fsp3) is 0.882. The summed E-state index contributed by atoms with van der Waals surface area (Å²) < 4.78 is 0. The molecule has 1 heteroatoms. The zero-order valence-corrected chi connectivity index (χ0v) is 12.6. The first-order valence-corrected chi connectivity index (χ1v) is 8.27. The van der Waals surface area contributed by atoms with E-state index in [1.165, 1.54) is 83.5 Å². The Bertz CT molecular complexity index is 163. The number of rotatable bonds is 14. The molecule has 0 aromatic rings. The van der Waals surface area contributed by atoms with Crippen molar-refractivity contribution in [3.05, 3.63) is 12.2 Å². The molecule has 0 aliphatic heterocycles. The van der Waals surface area contributed by atoms with Crippen molar-refractivity contribution in [2.45, 2.75) is 90.4 Å². The fourth-order valence-electron chi connectivity index (χ4n) is 2.20. The molecule has 0 aromatic carbocycles. The molecule has 0 amide bonds. The predicted molar refractivity (Wildman–Crippen MR) is 83.9 cm³/mol. The van der Waals surface area contributed by atoms with Crippen LogP contribution < -0.4 is 5.73 Å². The standard InChI is InChI=1S/C17H35N/c1-2-3-4-5-6-7-8-9-10-11-12-13-14-15-16-17-18/h5-6H,2-4,7-18H2,1H3/b6-5-. The largest absolute Gasteiger partial charge is 0.330 e. The van der Waals surface area contributed by atoms with Crippen LogP contribution in [0.3, 0.4) is 0 Å². The molecule has 108 valence electrons. The monoisotopic (exact) mass is 253 g/mol. The average Bonchev–Trinajstić information content (AvgIpc) is 2.39. The molecule has 0 atom stereocenters. The predicted octanol–water partition coefficient (Wildman–Crippen LogP) is 5.59. The van der Waals surface area contributed by atoms with Gasteiger partial charge in [0.15, 0.2) is 0 Å². The van der Waals surface area contributed by atoms with Gasteiger partial charge in [-0.05, 0) is 32.2 Å². The molecule has 1 nitrogen and oxygen atoms in total. The van der Waals surface area contributed by atoms with Crippen LogP contribution >= 0.6 is 0 Å². The Balaban J connectivity index is 2.96. The van der Waals surface area contributed by atoms with E-state index in [4.69, 9.17) is 5.73 Å². The summed E-state index contributed by atoms with van der Waals surface area (Å²) in [6.07, 6.45) is 22.4. The molecule has 0 saturated heterocycles. The van der Waals surface area contributed by atoms with Gasteiger partial charge in [-0.25, -0.2) is 0 Å². The molecular formula is C17H35N. The first-order chi connectivity index (χ1) is 8.91. The van der Waals surface area contributed by atoms with Crippen LogP contribution in [0, 0.1) is 0 Å². The highest BCUT2D eigenvalue weighted by Crippen LogP contribution is 2.10. The van der Waals surface area contributed by atoms with Crippen molar-refractivity contribution in [3.63, 3.8) is 0 Å². The van der Waals surface area contributed by atoms with E-state index in [-0.39, 0.29) is 0 Å². The highest BCUT2D eigenvalue weighted by Gasteiger charge is 1.91. The lowest BCUT2D eigenvalue weighted by Crippen LogP contribution is -1.97. The molecule has 0 bridgehead atoms. The number of allylic oxidation sites excluding steroid dienone is 2. The summed E-state index contributed by atoms with van der Waals surface area (Å²) >= 11 is 0. The van der Waals surface area contributed by atoms with Crippen molar-refractivity contribution >= 4 is 0 Å². The minimum atomic E-state index is 0.867. The molecule has 0 aliphatic rings. The number of unbranched alkanes of at least 4 members (excludes halogenated alkanes) is 11. The van der Waals surface area contributed by atoms with E-state index in [2.05, 4.69) is 19.1 Å². The summed E-state index contributed by atoms with van der Waals surface area (Å²) in [6, 6.07) is 0. The second-order valence-electron chi connectivity index (χ2n) is 5.37. The highest BCUT2D eigenvalue weighted by atomic mass is 14.5. The molecule has 0 aromatic heterocycles. The molecule has 0 saturated carbocycles. The van der Waals surface area contributed by atoms with E-state index in [1.807, 2.05) is 0 Å². The molecule has 0 aliphatic carbocycles. The van der Waals surface area contributed by atoms with Crippen LogP contribution in [-0.2, 0) is 0 Å². The smallest absolute Gasteiger partial charge is 0.00773 e. The van der Waals surface area contributed by atoms with E-state index in [9.17, 15) is 0 Å². The van der Waals surface area contributed by atoms with Crippen molar-refractivity contribution in [1.82, 2.24) is 0 Å². The Morgan fingerprint density at radius 1 is 0.611 bits per heavy atom. The van der Waals surface area contributed by atoms with Gasteiger partial charge in [-0.1, -0.05) is 76.9 Å². The Morgan fingerprint density at radius 2 is 1.06 bits per heavy atom. The molecule has 2 N–H and O–H groups in total. The maximum Gasteiger partial charge on any atom is -0.00773 e. The SMILES string of the molecule is CCCC/C=C\CCCCCCCCCCCN. The van der Waals surface area contributed by atoms with Crippen molar-refractivity contribution in [3.8, 4) is 0 Å². The van der Waals surface area contributed by atoms with E-state index < -0.39 is 0 Å². The van der Waals surface area contributed by atoms with Crippen molar-refractivity contribution in [2.75, 3.05) is 6.54 Å². The third kappa shape index (κ3) is 15.7. The average molecular weight is 253 g/mol. The second kappa shape index (κ2) is 16.7. The number of hydrogen-bond donors (Lipinski definition) is 1. The number of hydrogen-bond acceptors (Lipinski definition) is 1. The van der Waals surface area contributed by atoms with Gasteiger partial charge in [0, 0.05) is 0 Å². The van der Waals surface area contributed by atoms with Crippen molar-refractivity contribution in [2.24, 2.45) is 5.73 Å². The molecule has 0 rings (SSSR count). The van der Waals surface area contributed by atoms with E-state index in [0.717, 1.165) is 6.54 Å². The zero-order valence-electron chi connectivity index (χ0n) is 12.6. The van der Waals surface area contributed by atoms with Gasteiger partial charge >= 0.3 is 0 Å². The minimum absolute atomic E-state index is 0.867. The van der Waals surface area contributed by atoms with Crippen molar-refractivity contribution < 1.29 is 0 Å². The summed E-state index contributed by atoms with van der Waals surface area (Å²) in [4.78, 5) is 0. The lowest BCUT2D eigenvalue weighted by molar-refractivity contribution is 0.562. The Labute approximate surface area is 115 Å². The Morgan fingerprint density at radius 3 is 1.56 bits per heavy atom. The van der Waals surface area contributed by atoms with Gasteiger partial charge in [-0.3, -0.25) is 0 Å². The van der Waals surface area contributed by atoms with Crippen LogP contribution in [0.4, 0.5) is 0 Å². The van der Waals surface area contributed by atoms with Gasteiger partial charge in [0.2, 0.25) is 0 Å². The molecule has 0 spiro atoms. The van der Waals surface area contributed by atoms with Crippen LogP contribution in [0.15, 0.2) is 12.2 Å². The summed E-state index contributed by atoms with van der Waals surface area (Å²) in [7, 11) is 0. The van der Waals surface area contributed by atoms with Crippen LogP contribution in [0.5, 0.6) is 0 Å². The normalized spacial score (nSPS) is 11.4. The molecule has 18 heavy (non-hydrogen) atoms. The van der Waals surface area contributed by atoms with E-state index in [1.54, 1.807) is 0 Å². The van der Waals surface area contributed by atoms with Gasteiger partial charge in [0.25, 0.3) is 0 Å². The van der Waals surface area contributed by atoms with Crippen LogP contribution in [0.1, 0.15) is 90.4 Å². The third-order valence-corrected chi connectivity index (χ3v) is 3.47. The maximum absolute atomic E-state index is 5.47. The zero-order chi connectivity index (χ0) is 13.3. The van der Waals surface area contributed by atoms with Gasteiger partial charge in [-0.2, -0.15) is 0 Å². The molecular weight excluding hydrogens is 218 g/mol. The summed E-state index contributed by atoms with van der Waals surface area (Å²) in [5.41, 5.74) is 5.47. The maximum atomic E-state index is 5.47. The molecule has 0 radical (unpaired) electrons. The quantitative estimate of drug-likeness (QED) is 0.317. The highest BCUT2D eigenvalue weighted by molar-refractivity contribution is 4.81. The summed E-state index contributed by atoms with van der Waals surface area (Å²) in [5.74, 6) is 0. The Kier molecular flexibility index (Phi) is 16.4. The fourth-order valence-corrected chi connectivity index (χ4v) is 2.20. The third-order valence-electron chi connectivity index (χ3n) is 3.47. The van der Waals surface area contributed by atoms with Gasteiger partial charge in [0.05, 0.1) is 0 Å². The first-order valence-electron chi connectivity index (χ1n) is 8.27. The summed E-state index contributed by atoms with van der Waals surface area (Å²) in [6.45, 7) is 3.12. The van der Waals surface area contributed by atoms with Gasteiger partial charge in [0.1, 0.15) is 0 Å². The second-order valence-corrected chi connectivity index (χ2v) is 5.37. The minimum Gasteiger partial charge on any atom is -0.330 e. The Hall–Kier alpha value is -0.300. The van der Waals surface area contributed by atoms with Crippen LogP contribution in [0.2, 0.25) is 0 Å². The van der Waals surface area contributed by atoms with E-state index >= 15 is 0 Å². The summed E-state index contributed by atoms with van der Waals surface area (Å²) in [5, 5.41) is 0. The molecule has 0 heterocycles. The number of nitrogens with two attached hydrogens (primary N) is 1. The van der Waals surface area contributed by atoms with Gasteiger partial charge < -0.3 is 5.73 Å². The molecule has 0 unspecified atom stereocenters.